The minimum Gasteiger partial charge on any atom is -0.367 e. The number of carbonyl (C=O) groups excluding carboxylic acids is 1. The Balaban J connectivity index is 1.48. The average molecular weight is 570 g/mol. The van der Waals surface area contributed by atoms with E-state index in [9.17, 15) is 18.0 Å². The van der Waals surface area contributed by atoms with Crippen LogP contribution >= 0.6 is 27.7 Å². The number of anilines is 2. The molecule has 1 saturated heterocycles. The van der Waals surface area contributed by atoms with Crippen molar-refractivity contribution in [3.63, 3.8) is 0 Å². The maximum atomic E-state index is 13.4. The minimum absolute atomic E-state index is 0.0732. The Morgan fingerprint density at radius 3 is 2.49 bits per heavy atom. The molecule has 1 aromatic heterocycles. The molecular formula is C22H23BrF3N7OS. The molecule has 1 N–H and O–H groups in total. The summed E-state index contributed by atoms with van der Waals surface area (Å²) in [4.78, 5) is 17.0. The molecule has 0 saturated carbocycles. The van der Waals surface area contributed by atoms with E-state index in [1.54, 1.807) is 0 Å². The van der Waals surface area contributed by atoms with Gasteiger partial charge in [0.15, 0.2) is 0 Å². The van der Waals surface area contributed by atoms with E-state index < -0.39 is 17.6 Å². The lowest BCUT2D eigenvalue weighted by atomic mass is 10.1. The van der Waals surface area contributed by atoms with Crippen molar-refractivity contribution >= 4 is 45.0 Å². The van der Waals surface area contributed by atoms with Gasteiger partial charge in [-0.1, -0.05) is 34.6 Å². The fraction of sp³-hybridized carbons (Fsp3) is 0.364. The number of aromatic nitrogens is 4. The number of amides is 1. The molecule has 0 atom stereocenters. The summed E-state index contributed by atoms with van der Waals surface area (Å²) in [5.74, 6) is -0.524. The Labute approximate surface area is 213 Å². The molecule has 0 spiro atoms. The Kier molecular flexibility index (Phi) is 7.97. The van der Waals surface area contributed by atoms with E-state index in [2.05, 4.69) is 48.6 Å². The SMILES string of the molecule is CCN1CCN(c2ccc(C(F)(F)F)cc2NC(=O)CSc2nnnn2-c2ccc(Br)cc2)CC1. The monoisotopic (exact) mass is 569 g/mol. The van der Waals surface area contributed by atoms with Gasteiger partial charge in [-0.3, -0.25) is 4.79 Å². The molecule has 1 amide bonds. The molecule has 2 heterocycles. The number of piperazine rings is 1. The molecule has 8 nitrogen and oxygen atoms in total. The zero-order chi connectivity index (χ0) is 25.0. The summed E-state index contributed by atoms with van der Waals surface area (Å²) in [6.45, 7) is 5.93. The maximum Gasteiger partial charge on any atom is 0.416 e. The summed E-state index contributed by atoms with van der Waals surface area (Å²) in [5, 5.41) is 14.7. The van der Waals surface area contributed by atoms with Crippen LogP contribution in [0.1, 0.15) is 12.5 Å². The lowest BCUT2D eigenvalue weighted by Crippen LogP contribution is -2.46. The molecule has 0 aliphatic carbocycles. The molecule has 35 heavy (non-hydrogen) atoms. The van der Waals surface area contributed by atoms with Crippen molar-refractivity contribution in [2.75, 3.05) is 48.7 Å². The molecule has 1 aliphatic rings. The molecular weight excluding hydrogens is 547 g/mol. The topological polar surface area (TPSA) is 79.2 Å². The standard InChI is InChI=1S/C22H23BrF3N7OS/c1-2-31-9-11-32(12-10-31)19-8-3-15(22(24,25)26)13-18(19)27-20(34)14-35-21-28-29-30-33(21)17-6-4-16(23)5-7-17/h3-8,13H,2,9-12,14H2,1H3,(H,27,34). The van der Waals surface area contributed by atoms with Crippen molar-refractivity contribution in [2.45, 2.75) is 18.3 Å². The van der Waals surface area contributed by atoms with Crippen molar-refractivity contribution in [3.8, 4) is 5.69 Å². The molecule has 186 valence electrons. The van der Waals surface area contributed by atoms with Crippen molar-refractivity contribution in [1.29, 1.82) is 0 Å². The molecule has 4 rings (SSSR count). The van der Waals surface area contributed by atoms with Gasteiger partial charge in [0.1, 0.15) is 0 Å². The zero-order valence-electron chi connectivity index (χ0n) is 18.8. The summed E-state index contributed by atoms with van der Waals surface area (Å²) < 4.78 is 42.5. The predicted molar refractivity (Wildman–Crippen MR) is 132 cm³/mol. The van der Waals surface area contributed by atoms with E-state index >= 15 is 0 Å². The number of hydrogen-bond acceptors (Lipinski definition) is 7. The highest BCUT2D eigenvalue weighted by Crippen LogP contribution is 2.36. The molecule has 1 fully saturated rings. The first-order chi connectivity index (χ1) is 16.7. The largest absolute Gasteiger partial charge is 0.416 e. The lowest BCUT2D eigenvalue weighted by molar-refractivity contribution is -0.137. The molecule has 0 bridgehead atoms. The molecule has 0 unspecified atom stereocenters. The van der Waals surface area contributed by atoms with Gasteiger partial charge in [0.25, 0.3) is 0 Å². The smallest absolute Gasteiger partial charge is 0.367 e. The first kappa shape index (κ1) is 25.5. The molecule has 0 radical (unpaired) electrons. The van der Waals surface area contributed by atoms with Crippen LogP contribution in [-0.2, 0) is 11.0 Å². The number of alkyl halides is 3. The van der Waals surface area contributed by atoms with Gasteiger partial charge >= 0.3 is 6.18 Å². The maximum absolute atomic E-state index is 13.4. The number of rotatable bonds is 7. The van der Waals surface area contributed by atoms with Gasteiger partial charge in [-0.05, 0) is 59.4 Å². The van der Waals surface area contributed by atoms with Crippen LogP contribution in [0, 0.1) is 0 Å². The molecule has 2 aromatic carbocycles. The third-order valence-electron chi connectivity index (χ3n) is 5.60. The number of halogens is 4. The van der Waals surface area contributed by atoms with Crippen LogP contribution in [0.5, 0.6) is 0 Å². The average Bonchev–Trinajstić information content (AvgIpc) is 3.31. The van der Waals surface area contributed by atoms with Gasteiger partial charge in [-0.15, -0.1) is 5.10 Å². The van der Waals surface area contributed by atoms with Gasteiger partial charge in [-0.25, -0.2) is 0 Å². The third kappa shape index (κ3) is 6.33. The van der Waals surface area contributed by atoms with Crippen molar-refractivity contribution in [2.24, 2.45) is 0 Å². The van der Waals surface area contributed by atoms with Gasteiger partial charge in [0.05, 0.1) is 28.4 Å². The first-order valence-corrected chi connectivity index (χ1v) is 12.7. The number of tetrazole rings is 1. The van der Waals surface area contributed by atoms with Crippen LogP contribution < -0.4 is 10.2 Å². The van der Waals surface area contributed by atoms with Crippen LogP contribution in [0.2, 0.25) is 0 Å². The number of nitrogens with one attached hydrogen (secondary N) is 1. The lowest BCUT2D eigenvalue weighted by Gasteiger charge is -2.36. The summed E-state index contributed by atoms with van der Waals surface area (Å²) in [7, 11) is 0. The van der Waals surface area contributed by atoms with Crippen LogP contribution in [0.25, 0.3) is 5.69 Å². The molecule has 13 heteroatoms. The number of benzene rings is 2. The predicted octanol–water partition coefficient (Wildman–Crippen LogP) is 4.32. The fourth-order valence-corrected chi connectivity index (χ4v) is 4.68. The number of nitrogens with zero attached hydrogens (tertiary/aromatic N) is 6. The Bertz CT molecular complexity index is 1160. The quantitative estimate of drug-likeness (QED) is 0.424. The molecule has 1 aliphatic heterocycles. The fourth-order valence-electron chi connectivity index (χ4n) is 3.72. The number of carbonyl (C=O) groups is 1. The molecule has 3 aromatic rings. The van der Waals surface area contributed by atoms with Crippen molar-refractivity contribution in [3.05, 3.63) is 52.5 Å². The van der Waals surface area contributed by atoms with Gasteiger partial charge < -0.3 is 15.1 Å². The highest BCUT2D eigenvalue weighted by atomic mass is 79.9. The normalized spacial score (nSPS) is 14.8. The Hall–Kier alpha value is -2.64. The highest BCUT2D eigenvalue weighted by Gasteiger charge is 2.32. The second-order valence-electron chi connectivity index (χ2n) is 7.84. The number of thioether (sulfide) groups is 1. The van der Waals surface area contributed by atoms with E-state index in [0.29, 0.717) is 29.6 Å². The van der Waals surface area contributed by atoms with E-state index in [-0.39, 0.29) is 11.4 Å². The summed E-state index contributed by atoms with van der Waals surface area (Å²) in [6.07, 6.45) is -4.51. The second kappa shape index (κ2) is 11.0. The van der Waals surface area contributed by atoms with E-state index in [1.807, 2.05) is 29.2 Å². The van der Waals surface area contributed by atoms with Gasteiger partial charge in [0.2, 0.25) is 11.1 Å². The zero-order valence-corrected chi connectivity index (χ0v) is 21.2. The first-order valence-electron chi connectivity index (χ1n) is 10.9. The third-order valence-corrected chi connectivity index (χ3v) is 7.05. The van der Waals surface area contributed by atoms with Crippen LogP contribution in [0.4, 0.5) is 24.5 Å². The van der Waals surface area contributed by atoms with Gasteiger partial charge in [0, 0.05) is 30.7 Å². The second-order valence-corrected chi connectivity index (χ2v) is 9.70. The Morgan fingerprint density at radius 2 is 1.83 bits per heavy atom. The van der Waals surface area contributed by atoms with Crippen molar-refractivity contribution < 1.29 is 18.0 Å². The van der Waals surface area contributed by atoms with E-state index in [1.165, 1.54) is 10.7 Å². The summed E-state index contributed by atoms with van der Waals surface area (Å²) >= 11 is 4.47. The van der Waals surface area contributed by atoms with Crippen LogP contribution in [0.3, 0.4) is 0 Å². The number of hydrogen-bond donors (Lipinski definition) is 1. The Morgan fingerprint density at radius 1 is 1.11 bits per heavy atom. The van der Waals surface area contributed by atoms with Crippen LogP contribution in [0.15, 0.2) is 52.1 Å². The highest BCUT2D eigenvalue weighted by molar-refractivity contribution is 9.10. The van der Waals surface area contributed by atoms with E-state index in [4.69, 9.17) is 0 Å². The van der Waals surface area contributed by atoms with Gasteiger partial charge in [-0.2, -0.15) is 17.9 Å². The summed E-state index contributed by atoms with van der Waals surface area (Å²) in [5.41, 5.74) is 0.623. The van der Waals surface area contributed by atoms with Crippen molar-refractivity contribution in [1.82, 2.24) is 25.1 Å². The number of likely N-dealkylation sites (N-methyl/N-ethyl adjacent to an activating group) is 1. The minimum atomic E-state index is -4.51. The summed E-state index contributed by atoms with van der Waals surface area (Å²) in [6, 6.07) is 10.8. The van der Waals surface area contributed by atoms with E-state index in [0.717, 1.165) is 48.0 Å². The van der Waals surface area contributed by atoms with Crippen LogP contribution in [-0.4, -0.2) is 69.5 Å².